The van der Waals surface area contributed by atoms with E-state index in [0.29, 0.717) is 0 Å². The van der Waals surface area contributed by atoms with Crippen LogP contribution in [0.5, 0.6) is 0 Å². The molecule has 0 aliphatic carbocycles. The Morgan fingerprint density at radius 3 is 2.39 bits per heavy atom. The van der Waals surface area contributed by atoms with Gasteiger partial charge >= 0.3 is 0 Å². The first kappa shape index (κ1) is 21.6. The highest BCUT2D eigenvalue weighted by Gasteiger charge is 2.20. The van der Waals surface area contributed by atoms with Crippen LogP contribution in [0.2, 0.25) is 0 Å². The van der Waals surface area contributed by atoms with Gasteiger partial charge in [-0.15, -0.1) is 0 Å². The van der Waals surface area contributed by atoms with Gasteiger partial charge in [0, 0.05) is 65.1 Å². The van der Waals surface area contributed by atoms with E-state index < -0.39 is 0 Å². The van der Waals surface area contributed by atoms with E-state index in [1.54, 1.807) is 0 Å². The van der Waals surface area contributed by atoms with Gasteiger partial charge in [-0.1, -0.05) is 24.3 Å². The molecular formula is C24H32FN5O. The maximum atomic E-state index is 13.2. The first-order valence-corrected chi connectivity index (χ1v) is 11.1. The van der Waals surface area contributed by atoms with Crippen LogP contribution < -0.4 is 10.2 Å². The van der Waals surface area contributed by atoms with Gasteiger partial charge in [0.05, 0.1) is 13.2 Å². The average molecular weight is 426 g/mol. The summed E-state index contributed by atoms with van der Waals surface area (Å²) in [5.41, 5.74) is 3.67. The first-order chi connectivity index (χ1) is 15.2. The molecule has 4 rings (SSSR count). The normalized spacial score (nSPS) is 18.3. The van der Waals surface area contributed by atoms with Crippen molar-refractivity contribution in [3.8, 4) is 0 Å². The van der Waals surface area contributed by atoms with Gasteiger partial charge in [0.1, 0.15) is 5.82 Å². The molecule has 2 aromatic carbocycles. The Balaban J connectivity index is 1.28. The molecule has 166 valence electrons. The van der Waals surface area contributed by atoms with Crippen LogP contribution in [-0.4, -0.2) is 75.3 Å². The third-order valence-electron chi connectivity index (χ3n) is 5.93. The standard InChI is InChI=1S/C24H32FN5O/c1-26-24(30-11-9-29(10-12-30)23-7-5-22(25)6-8-23)27-18-20-3-2-4-21(17-20)19-28-13-15-31-16-14-28/h2-8,17H,9-16,18-19H2,1H3,(H,26,27). The number of aliphatic imine (C=N–C) groups is 1. The van der Waals surface area contributed by atoms with Crippen molar-refractivity contribution in [3.05, 3.63) is 65.5 Å². The largest absolute Gasteiger partial charge is 0.379 e. The molecule has 2 fully saturated rings. The van der Waals surface area contributed by atoms with Gasteiger partial charge in [-0.25, -0.2) is 4.39 Å². The maximum Gasteiger partial charge on any atom is 0.194 e. The number of rotatable bonds is 5. The average Bonchev–Trinajstić information content (AvgIpc) is 2.81. The summed E-state index contributed by atoms with van der Waals surface area (Å²) in [6, 6.07) is 15.5. The van der Waals surface area contributed by atoms with E-state index in [0.717, 1.165) is 77.2 Å². The van der Waals surface area contributed by atoms with E-state index in [4.69, 9.17) is 4.74 Å². The van der Waals surface area contributed by atoms with Crippen molar-refractivity contribution in [1.82, 2.24) is 15.1 Å². The van der Waals surface area contributed by atoms with Crippen LogP contribution in [0.15, 0.2) is 53.5 Å². The Morgan fingerprint density at radius 1 is 0.968 bits per heavy atom. The zero-order valence-corrected chi connectivity index (χ0v) is 18.3. The number of anilines is 1. The quantitative estimate of drug-likeness (QED) is 0.589. The maximum absolute atomic E-state index is 13.2. The van der Waals surface area contributed by atoms with E-state index in [-0.39, 0.29) is 5.82 Å². The zero-order valence-electron chi connectivity index (χ0n) is 18.3. The van der Waals surface area contributed by atoms with E-state index in [2.05, 4.69) is 49.3 Å². The minimum atomic E-state index is -0.194. The molecule has 0 saturated carbocycles. The number of guanidine groups is 1. The molecule has 6 nitrogen and oxygen atoms in total. The predicted molar refractivity (Wildman–Crippen MR) is 123 cm³/mol. The summed E-state index contributed by atoms with van der Waals surface area (Å²) in [7, 11) is 1.84. The molecule has 1 N–H and O–H groups in total. The topological polar surface area (TPSA) is 43.3 Å². The summed E-state index contributed by atoms with van der Waals surface area (Å²) in [6.45, 7) is 8.92. The fraction of sp³-hybridized carbons (Fsp3) is 0.458. The summed E-state index contributed by atoms with van der Waals surface area (Å²) in [5.74, 6) is 0.735. The molecule has 0 unspecified atom stereocenters. The minimum absolute atomic E-state index is 0.194. The molecule has 0 amide bonds. The van der Waals surface area contributed by atoms with Gasteiger partial charge in [0.25, 0.3) is 0 Å². The smallest absolute Gasteiger partial charge is 0.194 e. The van der Waals surface area contributed by atoms with Crippen LogP contribution in [0.1, 0.15) is 11.1 Å². The SMILES string of the molecule is CN=C(NCc1cccc(CN2CCOCC2)c1)N1CCN(c2ccc(F)cc2)CC1. The van der Waals surface area contributed by atoms with Crippen LogP contribution in [0.4, 0.5) is 10.1 Å². The number of piperazine rings is 1. The molecule has 7 heteroatoms. The van der Waals surface area contributed by atoms with Crippen molar-refractivity contribution < 1.29 is 9.13 Å². The van der Waals surface area contributed by atoms with Crippen molar-refractivity contribution in [1.29, 1.82) is 0 Å². The highest BCUT2D eigenvalue weighted by molar-refractivity contribution is 5.80. The van der Waals surface area contributed by atoms with E-state index in [1.807, 2.05) is 19.2 Å². The second-order valence-electron chi connectivity index (χ2n) is 8.06. The summed E-state index contributed by atoms with van der Waals surface area (Å²) in [6.07, 6.45) is 0. The predicted octanol–water partition coefficient (Wildman–Crippen LogP) is 2.56. The van der Waals surface area contributed by atoms with Crippen LogP contribution in [0.25, 0.3) is 0 Å². The molecule has 0 spiro atoms. The Bertz CT molecular complexity index is 859. The first-order valence-electron chi connectivity index (χ1n) is 11.1. The number of ether oxygens (including phenoxy) is 1. The zero-order chi connectivity index (χ0) is 21.5. The van der Waals surface area contributed by atoms with Gasteiger partial charge < -0.3 is 19.9 Å². The Labute approximate surface area is 184 Å². The highest BCUT2D eigenvalue weighted by Crippen LogP contribution is 2.17. The van der Waals surface area contributed by atoms with E-state index in [9.17, 15) is 4.39 Å². The minimum Gasteiger partial charge on any atom is -0.379 e. The molecule has 2 aliphatic heterocycles. The van der Waals surface area contributed by atoms with Gasteiger partial charge in [-0.3, -0.25) is 9.89 Å². The number of nitrogens with one attached hydrogen (secondary N) is 1. The van der Waals surface area contributed by atoms with Crippen molar-refractivity contribution >= 4 is 11.6 Å². The van der Waals surface area contributed by atoms with Crippen LogP contribution in [-0.2, 0) is 17.8 Å². The number of hydrogen-bond donors (Lipinski definition) is 1. The highest BCUT2D eigenvalue weighted by atomic mass is 19.1. The van der Waals surface area contributed by atoms with E-state index >= 15 is 0 Å². The Kier molecular flexibility index (Phi) is 7.38. The molecule has 0 radical (unpaired) electrons. The third kappa shape index (κ3) is 5.95. The lowest BCUT2D eigenvalue weighted by Gasteiger charge is -2.37. The molecule has 2 saturated heterocycles. The van der Waals surface area contributed by atoms with Crippen LogP contribution in [0, 0.1) is 5.82 Å². The Morgan fingerprint density at radius 2 is 1.68 bits per heavy atom. The summed E-state index contributed by atoms with van der Waals surface area (Å²) in [4.78, 5) is 11.5. The van der Waals surface area contributed by atoms with Crippen molar-refractivity contribution in [3.63, 3.8) is 0 Å². The number of hydrogen-bond acceptors (Lipinski definition) is 4. The fourth-order valence-electron chi connectivity index (χ4n) is 4.20. The summed E-state index contributed by atoms with van der Waals surface area (Å²) < 4.78 is 18.6. The summed E-state index contributed by atoms with van der Waals surface area (Å²) >= 11 is 0. The molecule has 0 atom stereocenters. The lowest BCUT2D eigenvalue weighted by molar-refractivity contribution is 0.0342. The van der Waals surface area contributed by atoms with Gasteiger partial charge in [0.15, 0.2) is 5.96 Å². The molecule has 0 bridgehead atoms. The molecule has 2 aliphatic rings. The van der Waals surface area contributed by atoms with E-state index in [1.165, 1.54) is 23.3 Å². The fourth-order valence-corrected chi connectivity index (χ4v) is 4.20. The van der Waals surface area contributed by atoms with Gasteiger partial charge in [0.2, 0.25) is 0 Å². The monoisotopic (exact) mass is 425 g/mol. The molecular weight excluding hydrogens is 393 g/mol. The number of halogens is 1. The number of morpholine rings is 1. The van der Waals surface area contributed by atoms with Crippen molar-refractivity contribution in [2.75, 3.05) is 64.4 Å². The third-order valence-corrected chi connectivity index (χ3v) is 5.93. The van der Waals surface area contributed by atoms with Crippen molar-refractivity contribution in [2.45, 2.75) is 13.1 Å². The number of nitrogens with zero attached hydrogens (tertiary/aromatic N) is 4. The lowest BCUT2D eigenvalue weighted by Crippen LogP contribution is -2.52. The second kappa shape index (κ2) is 10.6. The molecule has 2 heterocycles. The van der Waals surface area contributed by atoms with Crippen molar-refractivity contribution in [2.24, 2.45) is 4.99 Å². The van der Waals surface area contributed by atoms with Gasteiger partial charge in [-0.05, 0) is 35.4 Å². The van der Waals surface area contributed by atoms with Crippen LogP contribution >= 0.6 is 0 Å². The number of benzene rings is 2. The Hall–Kier alpha value is -2.64. The summed E-state index contributed by atoms with van der Waals surface area (Å²) in [5, 5.41) is 3.52. The molecule has 2 aromatic rings. The lowest BCUT2D eigenvalue weighted by atomic mass is 10.1. The van der Waals surface area contributed by atoms with Crippen LogP contribution in [0.3, 0.4) is 0 Å². The molecule has 31 heavy (non-hydrogen) atoms. The second-order valence-corrected chi connectivity index (χ2v) is 8.06. The molecule has 0 aromatic heterocycles. The van der Waals surface area contributed by atoms with Gasteiger partial charge in [-0.2, -0.15) is 0 Å².